The fourth-order valence-corrected chi connectivity index (χ4v) is 5.32. The Morgan fingerprint density at radius 2 is 2.00 bits per heavy atom. The van der Waals surface area contributed by atoms with E-state index >= 15 is 0 Å². The number of ether oxygens (including phenoxy) is 2. The first kappa shape index (κ1) is 23.6. The number of carbonyl (C=O) groups is 1. The first-order chi connectivity index (χ1) is 15.8. The first-order valence-corrected chi connectivity index (χ1v) is 13.5. The van der Waals surface area contributed by atoms with Crippen LogP contribution in [0.25, 0.3) is 10.2 Å². The van der Waals surface area contributed by atoms with Crippen molar-refractivity contribution < 1.29 is 22.7 Å². The number of thiazole rings is 1. The number of nitrogens with zero attached hydrogens (tertiary/aromatic N) is 3. The lowest BCUT2D eigenvalue weighted by molar-refractivity contribution is 0.0391. The Labute approximate surface area is 197 Å². The third-order valence-electron chi connectivity index (χ3n) is 5.39. The Bertz CT molecular complexity index is 1240. The third kappa shape index (κ3) is 5.70. The van der Waals surface area contributed by atoms with Crippen molar-refractivity contribution in [1.82, 2.24) is 9.88 Å². The fraction of sp³-hybridized carbons (Fsp3) is 0.391. The van der Waals surface area contributed by atoms with E-state index in [2.05, 4.69) is 4.90 Å². The van der Waals surface area contributed by atoms with Crippen LogP contribution >= 0.6 is 11.3 Å². The van der Waals surface area contributed by atoms with Gasteiger partial charge in [0.2, 0.25) is 0 Å². The molecule has 0 aliphatic carbocycles. The molecule has 4 rings (SSSR count). The maximum Gasteiger partial charge on any atom is 0.260 e. The summed E-state index contributed by atoms with van der Waals surface area (Å²) >= 11 is 1.42. The van der Waals surface area contributed by atoms with Crippen LogP contribution in [0, 0.1) is 0 Å². The zero-order chi connectivity index (χ0) is 23.4. The number of sulfone groups is 1. The normalized spacial score (nSPS) is 15.0. The van der Waals surface area contributed by atoms with Crippen molar-refractivity contribution in [2.45, 2.75) is 11.8 Å². The van der Waals surface area contributed by atoms with E-state index in [1.807, 2.05) is 25.1 Å². The van der Waals surface area contributed by atoms with Gasteiger partial charge in [0.15, 0.2) is 15.0 Å². The second-order valence-corrected chi connectivity index (χ2v) is 10.8. The number of carbonyl (C=O) groups excluding carboxylic acids is 1. The predicted octanol–water partition coefficient (Wildman–Crippen LogP) is 3.08. The Kier molecular flexibility index (Phi) is 7.28. The van der Waals surface area contributed by atoms with Crippen LogP contribution in [0.2, 0.25) is 0 Å². The van der Waals surface area contributed by atoms with Gasteiger partial charge in [-0.25, -0.2) is 13.4 Å². The highest BCUT2D eigenvalue weighted by atomic mass is 32.2. The highest BCUT2D eigenvalue weighted by Crippen LogP contribution is 2.32. The second kappa shape index (κ2) is 10.2. The molecule has 0 saturated carbocycles. The SMILES string of the molecule is CCOc1ccc2nc(N(CCN3CCOCC3)C(=O)c3cccc(S(C)(=O)=O)c3)sc2c1. The number of hydrogen-bond acceptors (Lipinski definition) is 8. The quantitative estimate of drug-likeness (QED) is 0.480. The number of rotatable bonds is 8. The van der Waals surface area contributed by atoms with E-state index in [-0.39, 0.29) is 10.8 Å². The zero-order valence-electron chi connectivity index (χ0n) is 18.7. The molecule has 0 N–H and O–H groups in total. The molecule has 1 fully saturated rings. The van der Waals surface area contributed by atoms with Crippen LogP contribution in [0.1, 0.15) is 17.3 Å². The lowest BCUT2D eigenvalue weighted by Crippen LogP contribution is -2.43. The van der Waals surface area contributed by atoms with E-state index in [0.29, 0.717) is 43.6 Å². The van der Waals surface area contributed by atoms with Crippen LogP contribution in [0.15, 0.2) is 47.4 Å². The number of benzene rings is 2. The van der Waals surface area contributed by atoms with E-state index in [4.69, 9.17) is 14.5 Å². The summed E-state index contributed by atoms with van der Waals surface area (Å²) in [5.41, 5.74) is 1.10. The Morgan fingerprint density at radius 1 is 1.21 bits per heavy atom. The lowest BCUT2D eigenvalue weighted by Gasteiger charge is -2.29. The molecule has 0 bridgehead atoms. The molecule has 1 aliphatic rings. The molecule has 1 saturated heterocycles. The zero-order valence-corrected chi connectivity index (χ0v) is 20.3. The van der Waals surface area contributed by atoms with Crippen molar-refractivity contribution in [2.24, 2.45) is 0 Å². The molecule has 2 aromatic carbocycles. The van der Waals surface area contributed by atoms with E-state index < -0.39 is 9.84 Å². The fourth-order valence-electron chi connectivity index (χ4n) is 3.63. The topological polar surface area (TPSA) is 89.0 Å². The van der Waals surface area contributed by atoms with Crippen LogP contribution in [0.5, 0.6) is 5.75 Å². The molecular weight excluding hydrogens is 462 g/mol. The molecule has 176 valence electrons. The minimum Gasteiger partial charge on any atom is -0.494 e. The van der Waals surface area contributed by atoms with Crippen LogP contribution in [0.3, 0.4) is 0 Å². The minimum atomic E-state index is -3.43. The number of aromatic nitrogens is 1. The second-order valence-electron chi connectivity index (χ2n) is 7.77. The maximum absolute atomic E-state index is 13.6. The van der Waals surface area contributed by atoms with Gasteiger partial charge in [0.1, 0.15) is 5.75 Å². The van der Waals surface area contributed by atoms with Crippen LogP contribution in [0.4, 0.5) is 5.13 Å². The molecule has 33 heavy (non-hydrogen) atoms. The van der Waals surface area contributed by atoms with Crippen LogP contribution < -0.4 is 9.64 Å². The van der Waals surface area contributed by atoms with Crippen LogP contribution in [-0.2, 0) is 14.6 Å². The van der Waals surface area contributed by atoms with Crippen molar-refractivity contribution in [3.63, 3.8) is 0 Å². The van der Waals surface area contributed by atoms with Crippen LogP contribution in [-0.4, -0.2) is 76.5 Å². The molecule has 0 atom stereocenters. The van der Waals surface area contributed by atoms with Crippen molar-refractivity contribution in [3.8, 4) is 5.75 Å². The Balaban J connectivity index is 1.67. The summed E-state index contributed by atoms with van der Waals surface area (Å²) in [6.45, 7) is 6.56. The van der Waals surface area contributed by atoms with Gasteiger partial charge in [0.05, 0.1) is 34.9 Å². The number of morpholine rings is 1. The van der Waals surface area contributed by atoms with Gasteiger partial charge in [0, 0.05) is 38.0 Å². The summed E-state index contributed by atoms with van der Waals surface area (Å²) in [6.07, 6.45) is 1.14. The monoisotopic (exact) mass is 489 g/mol. The van der Waals surface area contributed by atoms with Gasteiger partial charge >= 0.3 is 0 Å². The molecular formula is C23H27N3O5S2. The number of amides is 1. The molecule has 1 amide bonds. The summed E-state index contributed by atoms with van der Waals surface area (Å²) in [6, 6.07) is 11.8. The summed E-state index contributed by atoms with van der Waals surface area (Å²) in [7, 11) is -3.43. The standard InChI is InChI=1S/C23H27N3O5S2/c1-3-31-18-7-8-20-21(16-18)32-23(24-20)26(10-9-25-11-13-30-14-12-25)22(27)17-5-4-6-19(15-17)33(2,28)29/h4-8,15-16H,3,9-14H2,1-2H3. The van der Waals surface area contributed by atoms with Gasteiger partial charge in [-0.15, -0.1) is 0 Å². The average molecular weight is 490 g/mol. The van der Waals surface area contributed by atoms with E-state index in [9.17, 15) is 13.2 Å². The first-order valence-electron chi connectivity index (χ1n) is 10.8. The number of anilines is 1. The minimum absolute atomic E-state index is 0.118. The van der Waals surface area contributed by atoms with Gasteiger partial charge in [-0.2, -0.15) is 0 Å². The molecule has 0 radical (unpaired) electrons. The third-order valence-corrected chi connectivity index (χ3v) is 7.54. The van der Waals surface area contributed by atoms with Gasteiger partial charge in [0.25, 0.3) is 5.91 Å². The predicted molar refractivity (Wildman–Crippen MR) is 129 cm³/mol. The largest absolute Gasteiger partial charge is 0.494 e. The van der Waals surface area contributed by atoms with Gasteiger partial charge in [-0.05, 0) is 43.3 Å². The molecule has 1 aromatic heterocycles. The highest BCUT2D eigenvalue weighted by Gasteiger charge is 2.24. The summed E-state index contributed by atoms with van der Waals surface area (Å²) in [4.78, 5) is 22.3. The lowest BCUT2D eigenvalue weighted by atomic mass is 10.2. The number of fused-ring (bicyclic) bond motifs is 1. The highest BCUT2D eigenvalue weighted by molar-refractivity contribution is 7.90. The summed E-state index contributed by atoms with van der Waals surface area (Å²) in [5, 5.41) is 0.571. The van der Waals surface area contributed by atoms with E-state index in [0.717, 1.165) is 35.3 Å². The Morgan fingerprint density at radius 3 is 2.73 bits per heavy atom. The van der Waals surface area contributed by atoms with Gasteiger partial charge in [-0.1, -0.05) is 17.4 Å². The number of hydrogen-bond donors (Lipinski definition) is 0. The molecule has 1 aliphatic heterocycles. The van der Waals surface area contributed by atoms with E-state index in [1.165, 1.54) is 23.5 Å². The van der Waals surface area contributed by atoms with Crippen molar-refractivity contribution in [3.05, 3.63) is 48.0 Å². The van der Waals surface area contributed by atoms with E-state index in [1.54, 1.807) is 17.0 Å². The molecule has 2 heterocycles. The van der Waals surface area contributed by atoms with Crippen molar-refractivity contribution in [1.29, 1.82) is 0 Å². The van der Waals surface area contributed by atoms with Crippen molar-refractivity contribution >= 4 is 42.4 Å². The average Bonchev–Trinajstić information content (AvgIpc) is 3.22. The molecule has 8 nitrogen and oxygen atoms in total. The molecule has 3 aromatic rings. The molecule has 10 heteroatoms. The smallest absolute Gasteiger partial charge is 0.260 e. The summed E-state index contributed by atoms with van der Waals surface area (Å²) in [5.74, 6) is 0.477. The molecule has 0 spiro atoms. The van der Waals surface area contributed by atoms with Gasteiger partial charge in [-0.3, -0.25) is 14.6 Å². The Hall–Kier alpha value is -2.53. The summed E-state index contributed by atoms with van der Waals surface area (Å²) < 4.78 is 36.0. The molecule has 0 unspecified atom stereocenters. The van der Waals surface area contributed by atoms with Crippen molar-refractivity contribution in [2.75, 3.05) is 57.2 Å². The maximum atomic E-state index is 13.6. The van der Waals surface area contributed by atoms with Gasteiger partial charge < -0.3 is 9.47 Å².